The highest BCUT2D eigenvalue weighted by atomic mass is 16.7. The number of hydrogen-bond acceptors (Lipinski definition) is 6. The standard InChI is InChI=1S/C28H30N2O6/c1-2-22(31)20-7-6-12-29(17-20)25(32)14-28(21-8-4-3-5-9-21)15-26(33)30(27(28)34)16-19-10-11-23-24(13-19)36-18-35-23/h3-5,8-11,13,20H,2,6-7,12,14-18H2,1H3/t20-,28-/m0/s1. The minimum atomic E-state index is -1.27. The molecule has 0 N–H and O–H groups in total. The van der Waals surface area contributed by atoms with Gasteiger partial charge in [-0.25, -0.2) is 0 Å². The maximum absolute atomic E-state index is 13.9. The summed E-state index contributed by atoms with van der Waals surface area (Å²) in [7, 11) is 0. The molecule has 5 rings (SSSR count). The van der Waals surface area contributed by atoms with E-state index in [0.717, 1.165) is 18.4 Å². The van der Waals surface area contributed by atoms with E-state index in [4.69, 9.17) is 9.47 Å². The number of hydrogen-bond donors (Lipinski definition) is 0. The zero-order chi connectivity index (χ0) is 25.3. The van der Waals surface area contributed by atoms with Crippen LogP contribution in [0.4, 0.5) is 0 Å². The van der Waals surface area contributed by atoms with Crippen LogP contribution in [0, 0.1) is 5.92 Å². The first-order valence-electron chi connectivity index (χ1n) is 12.5. The van der Waals surface area contributed by atoms with E-state index < -0.39 is 5.41 Å². The van der Waals surface area contributed by atoms with Crippen LogP contribution in [0.15, 0.2) is 48.5 Å². The molecule has 3 aliphatic heterocycles. The molecule has 0 bridgehead atoms. The van der Waals surface area contributed by atoms with Crippen molar-refractivity contribution in [2.24, 2.45) is 5.92 Å². The van der Waals surface area contributed by atoms with Crippen molar-refractivity contribution < 1.29 is 28.7 Å². The number of likely N-dealkylation sites (tertiary alicyclic amines) is 2. The van der Waals surface area contributed by atoms with Crippen LogP contribution in [0.3, 0.4) is 0 Å². The molecule has 3 heterocycles. The number of Topliss-reactive ketones (excluding diaryl/α,β-unsaturated/α-hetero) is 1. The third kappa shape index (κ3) is 4.36. The van der Waals surface area contributed by atoms with Crippen molar-refractivity contribution in [3.05, 3.63) is 59.7 Å². The second-order valence-corrected chi connectivity index (χ2v) is 9.77. The molecule has 2 aromatic rings. The predicted molar refractivity (Wildman–Crippen MR) is 130 cm³/mol. The third-order valence-corrected chi connectivity index (χ3v) is 7.54. The van der Waals surface area contributed by atoms with E-state index >= 15 is 0 Å². The van der Waals surface area contributed by atoms with Crippen molar-refractivity contribution in [2.75, 3.05) is 19.9 Å². The van der Waals surface area contributed by atoms with Crippen LogP contribution in [0.2, 0.25) is 0 Å². The maximum Gasteiger partial charge on any atom is 0.241 e. The fourth-order valence-electron chi connectivity index (χ4n) is 5.53. The summed E-state index contributed by atoms with van der Waals surface area (Å²) < 4.78 is 10.8. The largest absolute Gasteiger partial charge is 0.454 e. The molecule has 2 atom stereocenters. The molecule has 3 aliphatic rings. The molecule has 0 unspecified atom stereocenters. The van der Waals surface area contributed by atoms with Gasteiger partial charge in [-0.1, -0.05) is 43.3 Å². The van der Waals surface area contributed by atoms with Crippen molar-refractivity contribution in [1.82, 2.24) is 9.80 Å². The Kier molecular flexibility index (Phi) is 6.51. The van der Waals surface area contributed by atoms with Crippen LogP contribution in [0.25, 0.3) is 0 Å². The molecule has 8 nitrogen and oxygen atoms in total. The van der Waals surface area contributed by atoms with Gasteiger partial charge in [0.1, 0.15) is 5.78 Å². The van der Waals surface area contributed by atoms with Gasteiger partial charge in [-0.15, -0.1) is 0 Å². The monoisotopic (exact) mass is 490 g/mol. The quantitative estimate of drug-likeness (QED) is 0.554. The molecule has 36 heavy (non-hydrogen) atoms. The molecular weight excluding hydrogens is 460 g/mol. The average Bonchev–Trinajstić information content (AvgIpc) is 3.47. The highest BCUT2D eigenvalue weighted by Crippen LogP contribution is 2.42. The minimum Gasteiger partial charge on any atom is -0.454 e. The molecule has 2 aromatic carbocycles. The van der Waals surface area contributed by atoms with Gasteiger partial charge in [0, 0.05) is 38.3 Å². The van der Waals surface area contributed by atoms with Gasteiger partial charge < -0.3 is 14.4 Å². The van der Waals surface area contributed by atoms with Crippen molar-refractivity contribution in [3.8, 4) is 11.5 Å². The fraction of sp³-hybridized carbons (Fsp3) is 0.429. The molecule has 2 fully saturated rings. The number of ether oxygens (including phenoxy) is 2. The van der Waals surface area contributed by atoms with Crippen LogP contribution in [-0.2, 0) is 31.1 Å². The summed E-state index contributed by atoms with van der Waals surface area (Å²) in [5.41, 5.74) is 0.129. The number of carbonyl (C=O) groups excluding carboxylic acids is 4. The van der Waals surface area contributed by atoms with E-state index in [1.807, 2.05) is 37.3 Å². The summed E-state index contributed by atoms with van der Waals surface area (Å²) in [5, 5.41) is 0. The molecule has 2 saturated heterocycles. The Balaban J connectivity index is 1.40. The normalized spacial score (nSPS) is 23.3. The molecule has 188 valence electrons. The van der Waals surface area contributed by atoms with Crippen LogP contribution in [-0.4, -0.2) is 53.2 Å². The van der Waals surface area contributed by atoms with Gasteiger partial charge in [-0.2, -0.15) is 0 Å². The van der Waals surface area contributed by atoms with Crippen molar-refractivity contribution in [2.45, 2.75) is 51.0 Å². The summed E-state index contributed by atoms with van der Waals surface area (Å²) in [6.45, 7) is 3.00. The first-order chi connectivity index (χ1) is 17.4. The molecule has 0 spiro atoms. The van der Waals surface area contributed by atoms with E-state index in [1.54, 1.807) is 23.1 Å². The van der Waals surface area contributed by atoms with E-state index in [-0.39, 0.29) is 55.6 Å². The number of rotatable bonds is 7. The lowest BCUT2D eigenvalue weighted by Crippen LogP contribution is -2.47. The van der Waals surface area contributed by atoms with Crippen LogP contribution in [0.5, 0.6) is 11.5 Å². The Labute approximate surface area is 210 Å². The van der Waals surface area contributed by atoms with Gasteiger partial charge in [0.2, 0.25) is 24.5 Å². The van der Waals surface area contributed by atoms with E-state index in [0.29, 0.717) is 36.6 Å². The summed E-state index contributed by atoms with van der Waals surface area (Å²) >= 11 is 0. The number of benzene rings is 2. The Morgan fingerprint density at radius 1 is 1.06 bits per heavy atom. The van der Waals surface area contributed by atoms with Gasteiger partial charge in [0.05, 0.1) is 12.0 Å². The van der Waals surface area contributed by atoms with Crippen LogP contribution >= 0.6 is 0 Å². The Hall–Kier alpha value is -3.68. The third-order valence-electron chi connectivity index (χ3n) is 7.54. The number of ketones is 1. The van der Waals surface area contributed by atoms with E-state index in [9.17, 15) is 19.2 Å². The van der Waals surface area contributed by atoms with E-state index in [1.165, 1.54) is 4.90 Å². The zero-order valence-electron chi connectivity index (χ0n) is 20.4. The van der Waals surface area contributed by atoms with E-state index in [2.05, 4.69) is 0 Å². The van der Waals surface area contributed by atoms with Gasteiger partial charge in [0.15, 0.2) is 11.5 Å². The van der Waals surface area contributed by atoms with Crippen molar-refractivity contribution >= 4 is 23.5 Å². The number of piperidine rings is 1. The second kappa shape index (κ2) is 9.76. The molecule has 8 heteroatoms. The summed E-state index contributed by atoms with van der Waals surface area (Å²) in [6.07, 6.45) is 1.80. The lowest BCUT2D eigenvalue weighted by Gasteiger charge is -2.35. The number of carbonyl (C=O) groups is 4. The number of imide groups is 1. The lowest BCUT2D eigenvalue weighted by atomic mass is 9.75. The Bertz CT molecular complexity index is 1200. The second-order valence-electron chi connectivity index (χ2n) is 9.77. The summed E-state index contributed by atoms with van der Waals surface area (Å²) in [6, 6.07) is 14.4. The SMILES string of the molecule is CCC(=O)[C@H]1CCCN(C(=O)C[C@@]2(c3ccccc3)CC(=O)N(Cc3ccc4c(c3)OCO4)C2=O)C1. The maximum atomic E-state index is 13.9. The number of nitrogens with zero attached hydrogens (tertiary/aromatic N) is 2. The lowest BCUT2D eigenvalue weighted by molar-refractivity contribution is -0.144. The van der Waals surface area contributed by atoms with Crippen molar-refractivity contribution in [1.29, 1.82) is 0 Å². The topological polar surface area (TPSA) is 93.2 Å². The molecule has 0 saturated carbocycles. The van der Waals surface area contributed by atoms with Gasteiger partial charge in [-0.05, 0) is 36.1 Å². The molecule has 3 amide bonds. The van der Waals surface area contributed by atoms with Gasteiger partial charge in [-0.3, -0.25) is 24.1 Å². The Morgan fingerprint density at radius 3 is 2.61 bits per heavy atom. The molecule has 0 aliphatic carbocycles. The smallest absolute Gasteiger partial charge is 0.241 e. The highest BCUT2D eigenvalue weighted by molar-refractivity contribution is 6.10. The van der Waals surface area contributed by atoms with Crippen molar-refractivity contribution in [3.63, 3.8) is 0 Å². The predicted octanol–water partition coefficient (Wildman–Crippen LogP) is 3.22. The minimum absolute atomic E-state index is 0.0721. The summed E-state index contributed by atoms with van der Waals surface area (Å²) in [4.78, 5) is 55.9. The number of amides is 3. The first kappa shape index (κ1) is 24.0. The van der Waals surface area contributed by atoms with Gasteiger partial charge >= 0.3 is 0 Å². The first-order valence-corrected chi connectivity index (χ1v) is 12.5. The van der Waals surface area contributed by atoms with Gasteiger partial charge in [0.25, 0.3) is 0 Å². The molecule has 0 radical (unpaired) electrons. The van der Waals surface area contributed by atoms with Crippen LogP contribution < -0.4 is 9.47 Å². The fourth-order valence-corrected chi connectivity index (χ4v) is 5.53. The summed E-state index contributed by atoms with van der Waals surface area (Å²) in [5.74, 6) is 0.324. The van der Waals surface area contributed by atoms with Crippen LogP contribution in [0.1, 0.15) is 50.2 Å². The zero-order valence-corrected chi connectivity index (χ0v) is 20.4. The number of fused-ring (bicyclic) bond motifs is 1. The molecule has 0 aromatic heterocycles. The Morgan fingerprint density at radius 2 is 1.83 bits per heavy atom. The molecular formula is C28H30N2O6. The average molecular weight is 491 g/mol. The highest BCUT2D eigenvalue weighted by Gasteiger charge is 2.54.